The first-order chi connectivity index (χ1) is 14.8. The van der Waals surface area contributed by atoms with Crippen LogP contribution in [0.1, 0.15) is 17.3 Å². The average Bonchev–Trinajstić information content (AvgIpc) is 2.75. The van der Waals surface area contributed by atoms with Crippen molar-refractivity contribution in [2.75, 3.05) is 26.1 Å². The van der Waals surface area contributed by atoms with E-state index in [-0.39, 0.29) is 29.5 Å². The van der Waals surface area contributed by atoms with Gasteiger partial charge in [-0.25, -0.2) is 22.9 Å². The lowest BCUT2D eigenvalue weighted by Gasteiger charge is -2.33. The first-order valence-electron chi connectivity index (χ1n) is 9.22. The maximum Gasteiger partial charge on any atom is 0.322 e. The standard InChI is InChI=1S/C21H17ClF3N3O3/c1-28(21(29)26-10-3-4-14(23)13(22)5-10)18-9-31-8-17-19(18)11-6-15(24)16(25)7-12(11)20(27-17)30-2/h3-7,18H,8-9H2,1-2H3,(H,26,29)/t18-/m1/s1. The van der Waals surface area contributed by atoms with Crippen molar-refractivity contribution in [3.05, 3.63) is 64.1 Å². The molecule has 0 radical (unpaired) electrons. The van der Waals surface area contributed by atoms with E-state index < -0.39 is 29.5 Å². The lowest BCUT2D eigenvalue weighted by atomic mass is 9.95. The first kappa shape index (κ1) is 21.2. The summed E-state index contributed by atoms with van der Waals surface area (Å²) in [6, 6.07) is 4.70. The number of ether oxygens (including phenoxy) is 2. The summed E-state index contributed by atoms with van der Waals surface area (Å²) in [5.41, 5.74) is 1.29. The number of rotatable bonds is 3. The molecule has 0 saturated carbocycles. The van der Waals surface area contributed by atoms with Crippen LogP contribution in [-0.2, 0) is 11.3 Å². The minimum Gasteiger partial charge on any atom is -0.481 e. The molecule has 1 aromatic heterocycles. The van der Waals surface area contributed by atoms with E-state index in [0.29, 0.717) is 22.3 Å². The van der Waals surface area contributed by atoms with Gasteiger partial charge in [0, 0.05) is 23.7 Å². The highest BCUT2D eigenvalue weighted by atomic mass is 35.5. The first-order valence-corrected chi connectivity index (χ1v) is 9.60. The molecule has 0 bridgehead atoms. The van der Waals surface area contributed by atoms with Crippen molar-refractivity contribution in [3.63, 3.8) is 0 Å². The molecule has 3 aromatic rings. The van der Waals surface area contributed by atoms with Gasteiger partial charge >= 0.3 is 6.03 Å². The van der Waals surface area contributed by atoms with Crippen LogP contribution in [0, 0.1) is 17.5 Å². The van der Waals surface area contributed by atoms with E-state index in [9.17, 15) is 18.0 Å². The molecule has 10 heteroatoms. The molecule has 1 atom stereocenters. The number of hydrogen-bond donors (Lipinski definition) is 1. The number of halogens is 4. The number of nitrogens with one attached hydrogen (secondary N) is 1. The Labute approximate surface area is 180 Å². The fraction of sp³-hybridized carbons (Fsp3) is 0.238. The molecule has 2 aromatic carbocycles. The van der Waals surface area contributed by atoms with Crippen molar-refractivity contribution in [2.45, 2.75) is 12.6 Å². The highest BCUT2D eigenvalue weighted by molar-refractivity contribution is 6.31. The number of fused-ring (bicyclic) bond motifs is 3. The molecule has 1 N–H and O–H groups in total. The molecule has 0 aliphatic carbocycles. The SMILES string of the molecule is COc1nc2c(c3cc(F)c(F)cc13)[C@H](N(C)C(=O)Nc1ccc(F)c(Cl)c1)COC2. The Morgan fingerprint density at radius 1 is 1.19 bits per heavy atom. The van der Waals surface area contributed by atoms with Crippen LogP contribution in [0.15, 0.2) is 30.3 Å². The van der Waals surface area contributed by atoms with E-state index in [0.717, 1.165) is 18.2 Å². The van der Waals surface area contributed by atoms with Crippen LogP contribution in [0.5, 0.6) is 5.88 Å². The smallest absolute Gasteiger partial charge is 0.322 e. The van der Waals surface area contributed by atoms with Crippen LogP contribution in [0.25, 0.3) is 10.8 Å². The van der Waals surface area contributed by atoms with Crippen LogP contribution < -0.4 is 10.1 Å². The van der Waals surface area contributed by atoms with Gasteiger partial charge in [0.15, 0.2) is 11.6 Å². The minimum atomic E-state index is -1.03. The van der Waals surface area contributed by atoms with E-state index in [2.05, 4.69) is 10.3 Å². The van der Waals surface area contributed by atoms with Gasteiger partial charge in [-0.3, -0.25) is 0 Å². The summed E-state index contributed by atoms with van der Waals surface area (Å²) in [7, 11) is 2.91. The van der Waals surface area contributed by atoms with Gasteiger partial charge in [0.2, 0.25) is 5.88 Å². The summed E-state index contributed by atoms with van der Waals surface area (Å²) in [5.74, 6) is -2.54. The lowest BCUT2D eigenvalue weighted by molar-refractivity contribution is 0.0525. The molecule has 6 nitrogen and oxygen atoms in total. The van der Waals surface area contributed by atoms with Gasteiger partial charge in [0.25, 0.3) is 0 Å². The zero-order valence-electron chi connectivity index (χ0n) is 16.5. The highest BCUT2D eigenvalue weighted by Crippen LogP contribution is 2.38. The number of anilines is 1. The molecule has 0 saturated heterocycles. The molecule has 1 aliphatic heterocycles. The van der Waals surface area contributed by atoms with Crippen LogP contribution in [0.2, 0.25) is 5.02 Å². The van der Waals surface area contributed by atoms with Crippen LogP contribution in [0.4, 0.5) is 23.7 Å². The zero-order chi connectivity index (χ0) is 22.3. The third kappa shape index (κ3) is 3.86. The Hall–Kier alpha value is -3.04. The molecular formula is C21H17ClF3N3O3. The second-order valence-corrected chi connectivity index (χ2v) is 7.40. The number of nitrogens with zero attached hydrogens (tertiary/aromatic N) is 2. The van der Waals surface area contributed by atoms with Gasteiger partial charge in [-0.15, -0.1) is 0 Å². The Bertz CT molecular complexity index is 1190. The summed E-state index contributed by atoms with van der Waals surface area (Å²) in [6.07, 6.45) is 0. The summed E-state index contributed by atoms with van der Waals surface area (Å²) < 4.78 is 52.2. The molecule has 31 heavy (non-hydrogen) atoms. The van der Waals surface area contributed by atoms with Gasteiger partial charge in [-0.2, -0.15) is 0 Å². The maximum atomic E-state index is 14.1. The van der Waals surface area contributed by atoms with Crippen molar-refractivity contribution in [3.8, 4) is 5.88 Å². The number of carbonyl (C=O) groups is 1. The maximum absolute atomic E-state index is 14.1. The number of urea groups is 1. The Balaban J connectivity index is 1.74. The zero-order valence-corrected chi connectivity index (χ0v) is 17.3. The molecule has 1 aliphatic rings. The number of likely N-dealkylation sites (N-methyl/N-ethyl adjacent to an activating group) is 1. The van der Waals surface area contributed by atoms with E-state index in [1.165, 1.54) is 31.2 Å². The monoisotopic (exact) mass is 451 g/mol. The number of hydrogen-bond acceptors (Lipinski definition) is 4. The van der Waals surface area contributed by atoms with Gasteiger partial charge in [-0.1, -0.05) is 11.6 Å². The van der Waals surface area contributed by atoms with Crippen LogP contribution >= 0.6 is 11.6 Å². The van der Waals surface area contributed by atoms with Crippen LogP contribution in [0.3, 0.4) is 0 Å². The predicted octanol–water partition coefficient (Wildman–Crippen LogP) is 5.05. The fourth-order valence-corrected chi connectivity index (χ4v) is 3.75. The summed E-state index contributed by atoms with van der Waals surface area (Å²) >= 11 is 5.77. The summed E-state index contributed by atoms with van der Waals surface area (Å²) in [6.45, 7) is 0.239. The second kappa shape index (κ2) is 8.24. The number of carbonyl (C=O) groups excluding carboxylic acids is 1. The van der Waals surface area contributed by atoms with E-state index in [1.54, 1.807) is 0 Å². The van der Waals surface area contributed by atoms with Crippen molar-refractivity contribution in [1.82, 2.24) is 9.88 Å². The molecule has 4 rings (SSSR count). The third-order valence-electron chi connectivity index (χ3n) is 5.13. The van der Waals surface area contributed by atoms with Gasteiger partial charge in [0.05, 0.1) is 37.1 Å². The summed E-state index contributed by atoms with van der Waals surface area (Å²) in [5, 5.41) is 3.15. The highest BCUT2D eigenvalue weighted by Gasteiger charge is 2.32. The number of methoxy groups -OCH3 is 1. The fourth-order valence-electron chi connectivity index (χ4n) is 3.57. The van der Waals surface area contributed by atoms with Crippen molar-refractivity contribution >= 4 is 34.1 Å². The molecule has 0 spiro atoms. The average molecular weight is 452 g/mol. The lowest BCUT2D eigenvalue weighted by Crippen LogP contribution is -2.39. The number of pyridine rings is 1. The van der Waals surface area contributed by atoms with Crippen molar-refractivity contribution in [1.29, 1.82) is 0 Å². The summed E-state index contributed by atoms with van der Waals surface area (Å²) in [4.78, 5) is 18.6. The molecule has 2 amide bonds. The van der Waals surface area contributed by atoms with Crippen molar-refractivity contribution < 1.29 is 27.4 Å². The van der Waals surface area contributed by atoms with E-state index in [4.69, 9.17) is 21.1 Å². The Morgan fingerprint density at radius 3 is 2.58 bits per heavy atom. The largest absolute Gasteiger partial charge is 0.481 e. The molecule has 0 fully saturated rings. The Kier molecular flexibility index (Phi) is 5.63. The number of benzene rings is 2. The van der Waals surface area contributed by atoms with Gasteiger partial charge in [0.1, 0.15) is 5.82 Å². The van der Waals surface area contributed by atoms with Crippen molar-refractivity contribution in [2.24, 2.45) is 0 Å². The van der Waals surface area contributed by atoms with E-state index >= 15 is 0 Å². The molecule has 0 unspecified atom stereocenters. The molecular weight excluding hydrogens is 435 g/mol. The minimum absolute atomic E-state index is 0.114. The predicted molar refractivity (Wildman–Crippen MR) is 109 cm³/mol. The quantitative estimate of drug-likeness (QED) is 0.605. The van der Waals surface area contributed by atoms with Crippen LogP contribution in [-0.4, -0.2) is 36.7 Å². The van der Waals surface area contributed by atoms with Gasteiger partial charge in [-0.05, 0) is 35.7 Å². The molecule has 2 heterocycles. The Morgan fingerprint density at radius 2 is 1.90 bits per heavy atom. The second-order valence-electron chi connectivity index (χ2n) is 6.99. The van der Waals surface area contributed by atoms with Gasteiger partial charge < -0.3 is 19.7 Å². The third-order valence-corrected chi connectivity index (χ3v) is 5.42. The number of aromatic nitrogens is 1. The molecule has 162 valence electrons. The number of amides is 2. The normalized spacial score (nSPS) is 15.5. The van der Waals surface area contributed by atoms with E-state index in [1.807, 2.05) is 0 Å². The topological polar surface area (TPSA) is 63.7 Å².